The summed E-state index contributed by atoms with van der Waals surface area (Å²) in [5.41, 5.74) is 0.649. The number of benzene rings is 1. The van der Waals surface area contributed by atoms with Crippen LogP contribution in [0.4, 0.5) is 4.39 Å². The van der Waals surface area contributed by atoms with Crippen molar-refractivity contribution in [1.82, 2.24) is 4.98 Å². The molecule has 6 heteroatoms. The van der Waals surface area contributed by atoms with Gasteiger partial charge in [0.1, 0.15) is 16.4 Å². The van der Waals surface area contributed by atoms with Crippen LogP contribution in [-0.4, -0.2) is 16.6 Å². The first kappa shape index (κ1) is 14.2. The highest BCUT2D eigenvalue weighted by molar-refractivity contribution is 8.04. The van der Waals surface area contributed by atoms with E-state index >= 15 is 0 Å². The number of aromatic nitrogens is 1. The molecule has 0 amide bonds. The zero-order chi connectivity index (χ0) is 15.1. The minimum atomic E-state index is -0.337. The van der Waals surface area contributed by atoms with Gasteiger partial charge in [0, 0.05) is 10.5 Å². The number of halogens is 1. The molecular weight excluding hydrogens is 309 g/mol. The third-order valence-corrected chi connectivity index (χ3v) is 5.25. The lowest BCUT2D eigenvalue weighted by Crippen LogP contribution is -2.18. The lowest BCUT2D eigenvalue weighted by atomic mass is 10.0. The predicted molar refractivity (Wildman–Crippen MR) is 80.5 cm³/mol. The average molecular weight is 319 g/mol. The van der Waals surface area contributed by atoms with E-state index in [2.05, 4.69) is 4.98 Å². The molecule has 1 heterocycles. The van der Waals surface area contributed by atoms with Crippen LogP contribution in [0, 0.1) is 12.7 Å². The number of hydrogen-bond donors (Lipinski definition) is 0. The summed E-state index contributed by atoms with van der Waals surface area (Å²) < 4.78 is 12.9. The Bertz CT molecular complexity index is 791. The number of Topliss-reactive ketones (excluding diaryl/α,β-unsaturated/α-hetero) is 2. The molecule has 0 unspecified atom stereocenters. The second-order valence-electron chi connectivity index (χ2n) is 4.58. The summed E-state index contributed by atoms with van der Waals surface area (Å²) in [6.45, 7) is 3.40. The summed E-state index contributed by atoms with van der Waals surface area (Å²) in [7, 11) is 0. The zero-order valence-electron chi connectivity index (χ0n) is 11.3. The van der Waals surface area contributed by atoms with Crippen molar-refractivity contribution in [3.8, 4) is 0 Å². The number of rotatable bonds is 2. The number of aryl methyl sites for hydroxylation is 1. The van der Waals surface area contributed by atoms with Crippen molar-refractivity contribution in [2.45, 2.75) is 18.7 Å². The molecule has 21 heavy (non-hydrogen) atoms. The Kier molecular flexibility index (Phi) is 3.51. The first-order valence-corrected chi connectivity index (χ1v) is 7.82. The van der Waals surface area contributed by atoms with Gasteiger partial charge in [-0.1, -0.05) is 11.8 Å². The van der Waals surface area contributed by atoms with Crippen LogP contribution in [0.1, 0.15) is 32.1 Å². The molecule has 1 aromatic heterocycles. The van der Waals surface area contributed by atoms with Gasteiger partial charge in [-0.25, -0.2) is 9.37 Å². The number of fused-ring (bicyclic) bond motifs is 1. The molecule has 0 aliphatic heterocycles. The lowest BCUT2D eigenvalue weighted by molar-refractivity contribution is 0.0981. The van der Waals surface area contributed by atoms with Gasteiger partial charge in [0.05, 0.1) is 9.91 Å². The molecule has 3 nitrogen and oxygen atoms in total. The molecule has 0 saturated carbocycles. The molecule has 0 radical (unpaired) electrons. The molecule has 0 fully saturated rings. The van der Waals surface area contributed by atoms with Crippen molar-refractivity contribution < 1.29 is 14.0 Å². The minimum absolute atomic E-state index is 0.179. The second-order valence-corrected chi connectivity index (χ2v) is 6.87. The summed E-state index contributed by atoms with van der Waals surface area (Å²) in [4.78, 5) is 30.5. The van der Waals surface area contributed by atoms with Crippen LogP contribution >= 0.6 is 23.1 Å². The average Bonchev–Trinajstić information content (AvgIpc) is 2.85. The molecule has 1 aliphatic carbocycles. The van der Waals surface area contributed by atoms with Gasteiger partial charge in [0.25, 0.3) is 0 Å². The Hall–Kier alpha value is -1.79. The maximum atomic E-state index is 12.9. The number of allylic oxidation sites excluding steroid dienone is 2. The van der Waals surface area contributed by atoms with E-state index in [0.717, 1.165) is 4.90 Å². The molecular formula is C15H10FNO2S2. The third-order valence-electron chi connectivity index (χ3n) is 3.08. The Balaban J connectivity index is 2.01. The second kappa shape index (κ2) is 5.20. The van der Waals surface area contributed by atoms with Gasteiger partial charge >= 0.3 is 0 Å². The van der Waals surface area contributed by atoms with Gasteiger partial charge in [-0.15, -0.1) is 11.3 Å². The quantitative estimate of drug-likeness (QED) is 0.838. The molecule has 2 aromatic rings. The van der Waals surface area contributed by atoms with Crippen molar-refractivity contribution in [3.05, 3.63) is 56.1 Å². The highest BCUT2D eigenvalue weighted by atomic mass is 32.2. The van der Waals surface area contributed by atoms with E-state index in [-0.39, 0.29) is 23.1 Å². The largest absolute Gasteiger partial charge is 0.287 e. The third kappa shape index (κ3) is 2.45. The highest BCUT2D eigenvalue weighted by Gasteiger charge is 2.33. The number of nitrogens with zero attached hydrogens (tertiary/aromatic N) is 1. The number of thiazole rings is 1. The molecule has 0 N–H and O–H groups in total. The van der Waals surface area contributed by atoms with E-state index < -0.39 is 0 Å². The zero-order valence-corrected chi connectivity index (χ0v) is 12.9. The fourth-order valence-electron chi connectivity index (χ4n) is 2.03. The predicted octanol–water partition coefficient (Wildman–Crippen LogP) is 4.04. The van der Waals surface area contributed by atoms with Crippen LogP contribution in [0.25, 0.3) is 0 Å². The smallest absolute Gasteiger partial charge is 0.212 e. The first-order chi connectivity index (χ1) is 9.97. The number of carbonyl (C=O) groups is 2. The van der Waals surface area contributed by atoms with Crippen molar-refractivity contribution in [2.24, 2.45) is 0 Å². The molecule has 1 aromatic carbocycles. The summed E-state index contributed by atoms with van der Waals surface area (Å²) in [5.74, 6) is -0.725. The SMILES string of the molecule is CC1=C(Sc2ccc(F)cc2)C(=O)c2sc(C)nc2C1=O. The van der Waals surface area contributed by atoms with E-state index in [1.165, 1.54) is 35.2 Å². The number of carbonyl (C=O) groups excluding carboxylic acids is 2. The number of thioether (sulfide) groups is 1. The van der Waals surface area contributed by atoms with Crippen LogP contribution in [0.3, 0.4) is 0 Å². The Labute approximate surface area is 128 Å². The Morgan fingerprint density at radius 3 is 2.43 bits per heavy atom. The summed E-state index contributed by atoms with van der Waals surface area (Å²) in [6.07, 6.45) is 0. The normalized spacial score (nSPS) is 14.6. The van der Waals surface area contributed by atoms with E-state index in [9.17, 15) is 14.0 Å². The van der Waals surface area contributed by atoms with Gasteiger partial charge in [0.15, 0.2) is 0 Å². The summed E-state index contributed by atoms with van der Waals surface area (Å²) in [5, 5.41) is 0.697. The van der Waals surface area contributed by atoms with Gasteiger partial charge in [-0.3, -0.25) is 9.59 Å². The van der Waals surface area contributed by atoms with Gasteiger partial charge in [-0.2, -0.15) is 0 Å². The van der Waals surface area contributed by atoms with Gasteiger partial charge in [-0.05, 0) is 38.1 Å². The molecule has 3 rings (SSSR count). The topological polar surface area (TPSA) is 47.0 Å². The molecule has 0 spiro atoms. The monoisotopic (exact) mass is 319 g/mol. The Morgan fingerprint density at radius 2 is 1.76 bits per heavy atom. The van der Waals surface area contributed by atoms with Gasteiger partial charge in [0.2, 0.25) is 11.6 Å². The van der Waals surface area contributed by atoms with Crippen LogP contribution in [0.2, 0.25) is 0 Å². The molecule has 0 atom stereocenters. The summed E-state index contributed by atoms with van der Waals surface area (Å²) in [6, 6.07) is 5.84. The molecule has 1 aliphatic rings. The number of ketones is 2. The van der Waals surface area contributed by atoms with E-state index in [4.69, 9.17) is 0 Å². The lowest BCUT2D eigenvalue weighted by Gasteiger charge is -2.14. The van der Waals surface area contributed by atoms with Crippen LogP contribution in [0.15, 0.2) is 39.6 Å². The fraction of sp³-hybridized carbons (Fsp3) is 0.133. The van der Waals surface area contributed by atoms with E-state index in [1.54, 1.807) is 26.0 Å². The maximum Gasteiger partial charge on any atom is 0.212 e. The van der Waals surface area contributed by atoms with Crippen molar-refractivity contribution >= 4 is 34.7 Å². The van der Waals surface area contributed by atoms with E-state index in [1.807, 2.05) is 0 Å². The minimum Gasteiger partial charge on any atom is -0.287 e. The van der Waals surface area contributed by atoms with Crippen molar-refractivity contribution in [1.29, 1.82) is 0 Å². The molecule has 106 valence electrons. The molecule has 0 saturated heterocycles. The maximum absolute atomic E-state index is 12.9. The van der Waals surface area contributed by atoms with E-state index in [0.29, 0.717) is 20.4 Å². The van der Waals surface area contributed by atoms with Gasteiger partial charge < -0.3 is 0 Å². The van der Waals surface area contributed by atoms with Crippen molar-refractivity contribution in [2.75, 3.05) is 0 Å². The van der Waals surface area contributed by atoms with Crippen LogP contribution in [0.5, 0.6) is 0 Å². The van der Waals surface area contributed by atoms with Crippen LogP contribution in [-0.2, 0) is 0 Å². The van der Waals surface area contributed by atoms with Crippen LogP contribution < -0.4 is 0 Å². The fourth-order valence-corrected chi connectivity index (χ4v) is 3.91. The van der Waals surface area contributed by atoms with Crippen molar-refractivity contribution in [3.63, 3.8) is 0 Å². The molecule has 0 bridgehead atoms. The Morgan fingerprint density at radius 1 is 1.10 bits per heavy atom. The highest BCUT2D eigenvalue weighted by Crippen LogP contribution is 2.38. The number of hydrogen-bond acceptors (Lipinski definition) is 5. The standard InChI is InChI=1S/C15H10FNO2S2/c1-7-12(18)11-15(20-8(2)17-11)13(19)14(7)21-10-5-3-9(16)4-6-10/h3-6H,1-2H3. The summed E-state index contributed by atoms with van der Waals surface area (Å²) >= 11 is 2.42. The first-order valence-electron chi connectivity index (χ1n) is 6.18.